The quantitative estimate of drug-likeness (QED) is 0.499. The lowest BCUT2D eigenvalue weighted by molar-refractivity contribution is -0.129. The Morgan fingerprint density at radius 2 is 1.82 bits per heavy atom. The van der Waals surface area contributed by atoms with Crippen molar-refractivity contribution in [3.8, 4) is 0 Å². The van der Waals surface area contributed by atoms with Crippen LogP contribution < -0.4 is 5.32 Å². The molecular formula is C18H16BrFN2O4S2. The Labute approximate surface area is 175 Å². The maximum Gasteiger partial charge on any atom is 0.269 e. The first-order valence-electron chi connectivity index (χ1n) is 8.22. The van der Waals surface area contributed by atoms with Gasteiger partial charge in [-0.1, -0.05) is 30.3 Å². The van der Waals surface area contributed by atoms with E-state index in [9.17, 15) is 17.6 Å². The van der Waals surface area contributed by atoms with Crippen molar-refractivity contribution in [1.82, 2.24) is 10.2 Å². The van der Waals surface area contributed by atoms with Crippen LogP contribution in [0.2, 0.25) is 0 Å². The fraction of sp³-hybridized carbons (Fsp3) is 0.222. The molecule has 1 amide bonds. The van der Waals surface area contributed by atoms with E-state index < -0.39 is 27.2 Å². The molecule has 1 aliphatic heterocycles. The largest absolute Gasteiger partial charge is 0.341 e. The van der Waals surface area contributed by atoms with Crippen LogP contribution in [0.1, 0.15) is 23.6 Å². The van der Waals surface area contributed by atoms with Crippen LogP contribution in [0.4, 0.5) is 4.39 Å². The van der Waals surface area contributed by atoms with Gasteiger partial charge in [-0.3, -0.25) is 14.2 Å². The number of thiocarbonyl (C=S) groups is 1. The molecule has 1 fully saturated rings. The van der Waals surface area contributed by atoms with Crippen LogP contribution in [0.5, 0.6) is 0 Å². The molecule has 1 aliphatic rings. The molecule has 0 saturated carbocycles. The number of rotatable bonds is 5. The number of nitrogens with one attached hydrogen (secondary N) is 1. The molecular weight excluding hydrogens is 471 g/mol. The summed E-state index contributed by atoms with van der Waals surface area (Å²) in [4.78, 5) is 14.7. The third kappa shape index (κ3) is 3.69. The minimum atomic E-state index is -4.18. The first-order chi connectivity index (χ1) is 13.1. The van der Waals surface area contributed by atoms with Gasteiger partial charge in [-0.25, -0.2) is 4.39 Å². The van der Waals surface area contributed by atoms with Gasteiger partial charge in [0.05, 0.1) is 4.47 Å². The second-order valence-corrected chi connectivity index (χ2v) is 8.98. The van der Waals surface area contributed by atoms with Crippen molar-refractivity contribution in [2.45, 2.75) is 18.2 Å². The first-order valence-corrected chi connectivity index (χ1v) is 11.0. The van der Waals surface area contributed by atoms with Gasteiger partial charge in [0.1, 0.15) is 11.6 Å². The molecule has 1 saturated heterocycles. The fourth-order valence-electron chi connectivity index (χ4n) is 3.21. The Hall–Kier alpha value is -1.88. The molecule has 2 aromatic carbocycles. The molecule has 10 heteroatoms. The van der Waals surface area contributed by atoms with Crippen molar-refractivity contribution in [3.63, 3.8) is 0 Å². The van der Waals surface area contributed by atoms with E-state index in [-0.39, 0.29) is 15.5 Å². The minimum Gasteiger partial charge on any atom is -0.341 e. The summed E-state index contributed by atoms with van der Waals surface area (Å²) in [6, 6.07) is 10.5. The lowest BCUT2D eigenvalue weighted by Gasteiger charge is -2.29. The molecule has 0 bridgehead atoms. The molecule has 1 atom stereocenters. The smallest absolute Gasteiger partial charge is 0.269 e. The molecule has 6 nitrogen and oxygen atoms in total. The summed E-state index contributed by atoms with van der Waals surface area (Å²) in [5.41, 5.74) is -0.0259. The summed E-state index contributed by atoms with van der Waals surface area (Å²) < 4.78 is 45.2. The molecule has 0 spiro atoms. The summed E-state index contributed by atoms with van der Waals surface area (Å²) in [6.07, 6.45) is 0. The van der Waals surface area contributed by atoms with E-state index in [1.165, 1.54) is 35.2 Å². The van der Waals surface area contributed by atoms with Crippen molar-refractivity contribution in [1.29, 1.82) is 0 Å². The molecule has 148 valence electrons. The topological polar surface area (TPSA) is 86.7 Å². The van der Waals surface area contributed by atoms with Gasteiger partial charge in [-0.2, -0.15) is 8.42 Å². The molecule has 2 aromatic rings. The van der Waals surface area contributed by atoms with Gasteiger partial charge in [0.2, 0.25) is 0 Å². The Morgan fingerprint density at radius 1 is 1.21 bits per heavy atom. The molecule has 1 unspecified atom stereocenters. The van der Waals surface area contributed by atoms with E-state index in [1.807, 2.05) is 0 Å². The van der Waals surface area contributed by atoms with Crippen molar-refractivity contribution in [3.05, 3.63) is 69.4 Å². The molecule has 2 N–H and O–H groups in total. The molecule has 28 heavy (non-hydrogen) atoms. The third-order valence-electron chi connectivity index (χ3n) is 4.51. The van der Waals surface area contributed by atoms with Crippen LogP contribution in [-0.2, 0) is 26.2 Å². The normalized spacial score (nSPS) is 19.8. The highest BCUT2D eigenvalue weighted by molar-refractivity contribution is 9.10. The Bertz CT molecular complexity index is 1060. The Balaban J connectivity index is 2.16. The number of benzene rings is 2. The summed E-state index contributed by atoms with van der Waals surface area (Å²) >= 11 is 8.46. The molecule has 3 rings (SSSR count). The Morgan fingerprint density at radius 3 is 2.32 bits per heavy atom. The molecule has 0 aromatic heterocycles. The standard InChI is InChI=1S/C18H16BrFN2O4S2/c1-2-22-16(23)18(21-17(22)27,13-7-8-15(20)14(19)9-13)12-5-3-11(4-6-12)10-28(24,25)26/h3-9H,2,10H2,1H3,(H,21,27)(H,24,25,26). The highest BCUT2D eigenvalue weighted by atomic mass is 79.9. The van der Waals surface area contributed by atoms with Crippen LogP contribution in [-0.4, -0.2) is 35.4 Å². The number of hydrogen-bond donors (Lipinski definition) is 2. The van der Waals surface area contributed by atoms with Gasteiger partial charge < -0.3 is 5.32 Å². The van der Waals surface area contributed by atoms with Crippen LogP contribution in [0.25, 0.3) is 0 Å². The lowest BCUT2D eigenvalue weighted by atomic mass is 9.82. The number of hydrogen-bond acceptors (Lipinski definition) is 4. The van der Waals surface area contributed by atoms with E-state index in [1.54, 1.807) is 19.1 Å². The number of likely N-dealkylation sites (N-methyl/N-ethyl adjacent to an activating group) is 1. The van der Waals surface area contributed by atoms with E-state index in [2.05, 4.69) is 21.2 Å². The predicted octanol–water partition coefficient (Wildman–Crippen LogP) is 2.96. The zero-order valence-electron chi connectivity index (χ0n) is 14.6. The monoisotopic (exact) mass is 486 g/mol. The number of carbonyl (C=O) groups is 1. The summed E-state index contributed by atoms with van der Waals surface area (Å²) in [5.74, 6) is -1.33. The summed E-state index contributed by atoms with van der Waals surface area (Å²) in [5, 5.41) is 3.31. The lowest BCUT2D eigenvalue weighted by Crippen LogP contribution is -2.45. The third-order valence-corrected chi connectivity index (χ3v) is 6.14. The Kier molecular flexibility index (Phi) is 5.59. The highest BCUT2D eigenvalue weighted by Crippen LogP contribution is 2.37. The van der Waals surface area contributed by atoms with Gasteiger partial charge in [-0.15, -0.1) is 0 Å². The van der Waals surface area contributed by atoms with E-state index in [0.29, 0.717) is 23.2 Å². The van der Waals surface area contributed by atoms with Crippen molar-refractivity contribution >= 4 is 49.3 Å². The molecule has 0 radical (unpaired) electrons. The zero-order valence-corrected chi connectivity index (χ0v) is 17.9. The summed E-state index contributed by atoms with van der Waals surface area (Å²) in [6.45, 7) is 2.15. The fourth-order valence-corrected chi connectivity index (χ4v) is 4.57. The van der Waals surface area contributed by atoms with Gasteiger partial charge in [0.15, 0.2) is 10.7 Å². The zero-order chi connectivity index (χ0) is 20.7. The first kappa shape index (κ1) is 20.8. The van der Waals surface area contributed by atoms with Gasteiger partial charge >= 0.3 is 0 Å². The van der Waals surface area contributed by atoms with Gasteiger partial charge in [-0.05, 0) is 63.9 Å². The summed E-state index contributed by atoms with van der Waals surface area (Å²) in [7, 11) is -4.18. The van der Waals surface area contributed by atoms with Crippen molar-refractivity contribution < 1.29 is 22.2 Å². The van der Waals surface area contributed by atoms with Crippen molar-refractivity contribution in [2.75, 3.05) is 6.54 Å². The second-order valence-electron chi connectivity index (χ2n) is 6.28. The van der Waals surface area contributed by atoms with Crippen molar-refractivity contribution in [2.24, 2.45) is 0 Å². The molecule has 0 aliphatic carbocycles. The number of nitrogens with zero attached hydrogens (tertiary/aromatic N) is 1. The maximum absolute atomic E-state index is 13.8. The van der Waals surface area contributed by atoms with Crippen LogP contribution in [0.15, 0.2) is 46.9 Å². The van der Waals surface area contributed by atoms with Gasteiger partial charge in [0, 0.05) is 6.54 Å². The average molecular weight is 487 g/mol. The minimum absolute atomic E-state index is 0.197. The van der Waals surface area contributed by atoms with E-state index in [0.717, 1.165) is 0 Å². The van der Waals surface area contributed by atoms with Gasteiger partial charge in [0.25, 0.3) is 16.0 Å². The predicted molar refractivity (Wildman–Crippen MR) is 110 cm³/mol. The average Bonchev–Trinajstić information content (AvgIpc) is 2.87. The van der Waals surface area contributed by atoms with E-state index >= 15 is 0 Å². The number of halogens is 2. The number of amides is 1. The molecule has 1 heterocycles. The number of carbonyl (C=O) groups excluding carboxylic acids is 1. The second kappa shape index (κ2) is 7.51. The van der Waals surface area contributed by atoms with Crippen LogP contribution in [0, 0.1) is 5.82 Å². The van der Waals surface area contributed by atoms with Crippen LogP contribution >= 0.6 is 28.1 Å². The SMILES string of the molecule is CCN1C(=O)C(c2ccc(CS(=O)(=O)O)cc2)(c2ccc(F)c(Br)c2)NC1=S. The van der Waals surface area contributed by atoms with E-state index in [4.69, 9.17) is 16.8 Å². The maximum atomic E-state index is 13.8. The van der Waals surface area contributed by atoms with Crippen LogP contribution in [0.3, 0.4) is 0 Å². The highest BCUT2D eigenvalue weighted by Gasteiger charge is 2.51.